The van der Waals surface area contributed by atoms with Crippen LogP contribution in [-0.4, -0.2) is 72.3 Å². The van der Waals surface area contributed by atoms with E-state index in [9.17, 15) is 9.59 Å². The number of hydrogen-bond acceptors (Lipinski definition) is 3. The van der Waals surface area contributed by atoms with Crippen molar-refractivity contribution in [3.8, 4) is 0 Å². The van der Waals surface area contributed by atoms with E-state index in [1.54, 1.807) is 13.8 Å². The first-order chi connectivity index (χ1) is 9.06. The van der Waals surface area contributed by atoms with Gasteiger partial charge in [-0.3, -0.25) is 14.5 Å². The second-order valence-electron chi connectivity index (χ2n) is 5.76. The van der Waals surface area contributed by atoms with E-state index in [4.69, 9.17) is 0 Å². The van der Waals surface area contributed by atoms with Crippen LogP contribution in [0.25, 0.3) is 0 Å². The van der Waals surface area contributed by atoms with E-state index in [1.165, 1.54) is 0 Å². The van der Waals surface area contributed by atoms with Crippen molar-refractivity contribution < 1.29 is 9.59 Å². The highest BCUT2D eigenvalue weighted by Gasteiger charge is 2.25. The van der Waals surface area contributed by atoms with Crippen LogP contribution in [0.15, 0.2) is 0 Å². The van der Waals surface area contributed by atoms with Gasteiger partial charge in [0.15, 0.2) is 0 Å². The van der Waals surface area contributed by atoms with Crippen molar-refractivity contribution in [3.63, 3.8) is 0 Å². The lowest BCUT2D eigenvalue weighted by atomic mass is 9.96. The van der Waals surface area contributed by atoms with Crippen molar-refractivity contribution in [2.24, 2.45) is 5.92 Å². The summed E-state index contributed by atoms with van der Waals surface area (Å²) in [6.45, 7) is 9.95. The van der Waals surface area contributed by atoms with Gasteiger partial charge in [-0.1, -0.05) is 0 Å². The zero-order valence-electron chi connectivity index (χ0n) is 12.1. The maximum Gasteiger partial charge on any atom is 0.219 e. The van der Waals surface area contributed by atoms with Crippen LogP contribution in [0.3, 0.4) is 0 Å². The van der Waals surface area contributed by atoms with Crippen LogP contribution in [0.1, 0.15) is 26.7 Å². The van der Waals surface area contributed by atoms with Gasteiger partial charge in [0.05, 0.1) is 0 Å². The first kappa shape index (κ1) is 14.3. The quantitative estimate of drug-likeness (QED) is 0.728. The molecular formula is C14H25N3O2. The van der Waals surface area contributed by atoms with Gasteiger partial charge in [-0.2, -0.15) is 0 Å². The number of carbonyl (C=O) groups is 2. The van der Waals surface area contributed by atoms with Gasteiger partial charge >= 0.3 is 0 Å². The van der Waals surface area contributed by atoms with Crippen LogP contribution >= 0.6 is 0 Å². The van der Waals surface area contributed by atoms with Gasteiger partial charge in [0.2, 0.25) is 11.8 Å². The highest BCUT2D eigenvalue weighted by Crippen LogP contribution is 2.19. The average Bonchev–Trinajstić information content (AvgIpc) is 2.40. The van der Waals surface area contributed by atoms with Crippen LogP contribution in [0.5, 0.6) is 0 Å². The predicted octanol–water partition coefficient (Wildman–Crippen LogP) is 0.409. The minimum Gasteiger partial charge on any atom is -0.343 e. The molecule has 0 atom stereocenters. The van der Waals surface area contributed by atoms with E-state index < -0.39 is 0 Å². The van der Waals surface area contributed by atoms with Crippen LogP contribution in [0, 0.1) is 5.92 Å². The van der Waals surface area contributed by atoms with Crippen LogP contribution in [0.4, 0.5) is 0 Å². The summed E-state index contributed by atoms with van der Waals surface area (Å²) >= 11 is 0. The fourth-order valence-corrected chi connectivity index (χ4v) is 3.04. The molecule has 0 saturated carbocycles. The van der Waals surface area contributed by atoms with E-state index in [0.29, 0.717) is 5.92 Å². The maximum atomic E-state index is 11.3. The Bertz CT molecular complexity index is 298. The number of piperidine rings is 1. The zero-order chi connectivity index (χ0) is 13.8. The van der Waals surface area contributed by atoms with Gasteiger partial charge in [-0.15, -0.1) is 0 Å². The molecule has 5 heteroatoms. The molecule has 0 N–H and O–H groups in total. The molecule has 2 aliphatic rings. The van der Waals surface area contributed by atoms with Gasteiger partial charge in [-0.05, 0) is 18.8 Å². The molecule has 2 amide bonds. The normalized spacial score (nSPS) is 22.6. The summed E-state index contributed by atoms with van der Waals surface area (Å²) in [5.41, 5.74) is 0. The first-order valence-corrected chi connectivity index (χ1v) is 7.29. The molecule has 0 radical (unpaired) electrons. The Labute approximate surface area is 115 Å². The van der Waals surface area contributed by atoms with E-state index in [0.717, 1.165) is 58.7 Å². The molecule has 19 heavy (non-hydrogen) atoms. The maximum absolute atomic E-state index is 11.3. The Balaban J connectivity index is 1.69. The summed E-state index contributed by atoms with van der Waals surface area (Å²) in [7, 11) is 0. The monoisotopic (exact) mass is 267 g/mol. The third-order valence-corrected chi connectivity index (χ3v) is 4.39. The molecule has 0 unspecified atom stereocenters. The molecule has 2 saturated heterocycles. The molecular weight excluding hydrogens is 242 g/mol. The SMILES string of the molecule is CC(=O)N1CCC(CN2CCN(C(C)=O)CC2)CC1. The molecule has 0 aromatic rings. The van der Waals surface area contributed by atoms with E-state index in [1.807, 2.05) is 9.80 Å². The number of hydrogen-bond donors (Lipinski definition) is 0. The van der Waals surface area contributed by atoms with Crippen LogP contribution in [0.2, 0.25) is 0 Å². The zero-order valence-corrected chi connectivity index (χ0v) is 12.1. The van der Waals surface area contributed by atoms with E-state index in [-0.39, 0.29) is 11.8 Å². The molecule has 0 spiro atoms. The summed E-state index contributed by atoms with van der Waals surface area (Å²) in [6, 6.07) is 0. The van der Waals surface area contributed by atoms with Crippen molar-refractivity contribution in [2.45, 2.75) is 26.7 Å². The Morgan fingerprint density at radius 3 is 1.79 bits per heavy atom. The fraction of sp³-hybridized carbons (Fsp3) is 0.857. The topological polar surface area (TPSA) is 43.9 Å². The Kier molecular flexibility index (Phi) is 4.80. The second-order valence-corrected chi connectivity index (χ2v) is 5.76. The molecule has 2 heterocycles. The minimum absolute atomic E-state index is 0.189. The summed E-state index contributed by atoms with van der Waals surface area (Å²) in [5.74, 6) is 1.10. The minimum atomic E-state index is 0.189. The highest BCUT2D eigenvalue weighted by atomic mass is 16.2. The van der Waals surface area contributed by atoms with Gasteiger partial charge in [0, 0.05) is 59.7 Å². The van der Waals surface area contributed by atoms with E-state index >= 15 is 0 Å². The van der Waals surface area contributed by atoms with Crippen molar-refractivity contribution in [3.05, 3.63) is 0 Å². The van der Waals surface area contributed by atoms with Crippen LogP contribution < -0.4 is 0 Å². The lowest BCUT2D eigenvalue weighted by Crippen LogP contribution is -2.50. The number of nitrogens with zero attached hydrogens (tertiary/aromatic N) is 3. The smallest absolute Gasteiger partial charge is 0.219 e. The number of likely N-dealkylation sites (tertiary alicyclic amines) is 1. The Hall–Kier alpha value is -1.10. The lowest BCUT2D eigenvalue weighted by molar-refractivity contribution is -0.130. The number of rotatable bonds is 2. The van der Waals surface area contributed by atoms with Gasteiger partial charge < -0.3 is 9.80 Å². The largest absolute Gasteiger partial charge is 0.343 e. The standard InChI is InChI=1S/C14H25N3O2/c1-12(18)16-5-3-14(4-6-16)11-15-7-9-17(10-8-15)13(2)19/h14H,3-11H2,1-2H3. The Morgan fingerprint density at radius 2 is 1.32 bits per heavy atom. The molecule has 2 fully saturated rings. The Morgan fingerprint density at radius 1 is 0.842 bits per heavy atom. The molecule has 2 aliphatic heterocycles. The van der Waals surface area contributed by atoms with Crippen molar-refractivity contribution in [1.29, 1.82) is 0 Å². The van der Waals surface area contributed by atoms with Crippen LogP contribution in [-0.2, 0) is 9.59 Å². The molecule has 5 nitrogen and oxygen atoms in total. The molecule has 0 aromatic heterocycles. The predicted molar refractivity (Wildman–Crippen MR) is 73.7 cm³/mol. The summed E-state index contributed by atoms with van der Waals surface area (Å²) in [5, 5.41) is 0. The molecule has 0 bridgehead atoms. The van der Waals surface area contributed by atoms with Gasteiger partial charge in [0.25, 0.3) is 0 Å². The third-order valence-electron chi connectivity index (χ3n) is 4.39. The lowest BCUT2D eigenvalue weighted by Gasteiger charge is -2.38. The summed E-state index contributed by atoms with van der Waals surface area (Å²) < 4.78 is 0. The summed E-state index contributed by atoms with van der Waals surface area (Å²) in [4.78, 5) is 28.9. The van der Waals surface area contributed by atoms with Gasteiger partial charge in [-0.25, -0.2) is 0 Å². The second kappa shape index (κ2) is 6.37. The van der Waals surface area contributed by atoms with Crippen molar-refractivity contribution in [2.75, 3.05) is 45.8 Å². The summed E-state index contributed by atoms with van der Waals surface area (Å²) in [6.07, 6.45) is 2.24. The van der Waals surface area contributed by atoms with Gasteiger partial charge in [0.1, 0.15) is 0 Å². The molecule has 2 rings (SSSR count). The van der Waals surface area contributed by atoms with Crippen molar-refractivity contribution >= 4 is 11.8 Å². The molecule has 108 valence electrons. The number of carbonyl (C=O) groups excluding carboxylic acids is 2. The molecule has 0 aromatic carbocycles. The average molecular weight is 267 g/mol. The van der Waals surface area contributed by atoms with Crippen molar-refractivity contribution in [1.82, 2.24) is 14.7 Å². The number of piperazine rings is 1. The molecule has 0 aliphatic carbocycles. The third kappa shape index (κ3) is 3.93. The first-order valence-electron chi connectivity index (χ1n) is 7.29. The highest BCUT2D eigenvalue weighted by molar-refractivity contribution is 5.73. The van der Waals surface area contributed by atoms with E-state index in [2.05, 4.69) is 4.90 Å². The number of amides is 2. The fourth-order valence-electron chi connectivity index (χ4n) is 3.04.